The average molecular weight is 292 g/mol. The number of rotatable bonds is 7. The van der Waals surface area contributed by atoms with Crippen molar-refractivity contribution in [1.82, 2.24) is 5.32 Å². The minimum Gasteiger partial charge on any atom is -0.312 e. The summed E-state index contributed by atoms with van der Waals surface area (Å²) >= 11 is 7.80. The highest BCUT2D eigenvalue weighted by atomic mass is 35.5. The zero-order valence-corrected chi connectivity index (χ0v) is 12.4. The Morgan fingerprint density at radius 1 is 0.895 bits per heavy atom. The molecule has 0 aliphatic rings. The smallest absolute Gasteiger partial charge is 0.0406 e. The van der Waals surface area contributed by atoms with Crippen LogP contribution in [0.15, 0.2) is 54.6 Å². The molecule has 0 unspecified atom stereocenters. The third-order valence-electron chi connectivity index (χ3n) is 2.78. The summed E-state index contributed by atoms with van der Waals surface area (Å²) in [5.41, 5.74) is 2.67. The van der Waals surface area contributed by atoms with Gasteiger partial charge in [0.2, 0.25) is 0 Å². The summed E-state index contributed by atoms with van der Waals surface area (Å²) in [6.45, 7) is 1.98. The van der Waals surface area contributed by atoms with E-state index in [0.29, 0.717) is 0 Å². The van der Waals surface area contributed by atoms with Gasteiger partial charge in [0.15, 0.2) is 0 Å². The van der Waals surface area contributed by atoms with Gasteiger partial charge in [0, 0.05) is 29.6 Å². The molecule has 0 aliphatic heterocycles. The maximum atomic E-state index is 5.86. The molecule has 0 saturated heterocycles. The predicted octanol–water partition coefficient (Wildman–Crippen LogP) is 4.36. The average Bonchev–Trinajstić information content (AvgIpc) is 2.46. The van der Waals surface area contributed by atoms with E-state index in [1.54, 1.807) is 0 Å². The second kappa shape index (κ2) is 8.26. The van der Waals surface area contributed by atoms with Crippen molar-refractivity contribution in [2.75, 3.05) is 12.3 Å². The molecule has 2 aromatic carbocycles. The maximum absolute atomic E-state index is 5.86. The molecule has 0 aromatic heterocycles. The van der Waals surface area contributed by atoms with Crippen molar-refractivity contribution in [3.8, 4) is 0 Å². The number of thioether (sulfide) groups is 1. The van der Waals surface area contributed by atoms with Crippen LogP contribution in [0.3, 0.4) is 0 Å². The van der Waals surface area contributed by atoms with Crippen LogP contribution in [-0.2, 0) is 12.3 Å². The molecule has 0 heterocycles. The van der Waals surface area contributed by atoms with Crippen LogP contribution >= 0.6 is 23.4 Å². The van der Waals surface area contributed by atoms with Gasteiger partial charge in [0.1, 0.15) is 0 Å². The third-order valence-corrected chi connectivity index (χ3v) is 4.06. The van der Waals surface area contributed by atoms with Crippen LogP contribution in [0.4, 0.5) is 0 Å². The lowest BCUT2D eigenvalue weighted by atomic mass is 10.2. The van der Waals surface area contributed by atoms with Gasteiger partial charge in [-0.3, -0.25) is 0 Å². The SMILES string of the molecule is Clc1ccc(CSCCNCc2ccccc2)cc1. The first-order valence-corrected chi connectivity index (χ1v) is 7.95. The molecule has 0 amide bonds. The molecular weight excluding hydrogens is 274 g/mol. The lowest BCUT2D eigenvalue weighted by molar-refractivity contribution is 0.732. The molecule has 100 valence electrons. The van der Waals surface area contributed by atoms with E-state index in [4.69, 9.17) is 11.6 Å². The second-order valence-corrected chi connectivity index (χ2v) is 5.88. The molecule has 2 aromatic rings. The van der Waals surface area contributed by atoms with Crippen molar-refractivity contribution < 1.29 is 0 Å². The Morgan fingerprint density at radius 3 is 2.37 bits per heavy atom. The van der Waals surface area contributed by atoms with Crippen molar-refractivity contribution in [2.24, 2.45) is 0 Å². The molecule has 2 rings (SSSR count). The summed E-state index contributed by atoms with van der Waals surface area (Å²) in [6, 6.07) is 18.6. The van der Waals surface area contributed by atoms with Gasteiger partial charge >= 0.3 is 0 Å². The fourth-order valence-electron chi connectivity index (χ4n) is 1.74. The van der Waals surface area contributed by atoms with E-state index in [1.165, 1.54) is 11.1 Å². The molecule has 0 radical (unpaired) electrons. The molecule has 3 heteroatoms. The van der Waals surface area contributed by atoms with Crippen LogP contribution in [0.1, 0.15) is 11.1 Å². The summed E-state index contributed by atoms with van der Waals surface area (Å²) in [7, 11) is 0. The number of benzene rings is 2. The first-order valence-electron chi connectivity index (χ1n) is 6.41. The molecule has 19 heavy (non-hydrogen) atoms. The summed E-state index contributed by atoms with van der Waals surface area (Å²) in [5.74, 6) is 2.17. The molecule has 0 aliphatic carbocycles. The van der Waals surface area contributed by atoms with Crippen LogP contribution in [0, 0.1) is 0 Å². The summed E-state index contributed by atoms with van der Waals surface area (Å²) in [5, 5.41) is 4.26. The van der Waals surface area contributed by atoms with E-state index in [-0.39, 0.29) is 0 Å². The van der Waals surface area contributed by atoms with E-state index in [2.05, 4.69) is 41.7 Å². The molecule has 0 spiro atoms. The number of hydrogen-bond acceptors (Lipinski definition) is 2. The Morgan fingerprint density at radius 2 is 1.63 bits per heavy atom. The van der Waals surface area contributed by atoms with Crippen LogP contribution < -0.4 is 5.32 Å². The fourth-order valence-corrected chi connectivity index (χ4v) is 2.73. The molecule has 0 bridgehead atoms. The van der Waals surface area contributed by atoms with Gasteiger partial charge in [-0.05, 0) is 23.3 Å². The Bertz CT molecular complexity index is 470. The van der Waals surface area contributed by atoms with Crippen molar-refractivity contribution >= 4 is 23.4 Å². The van der Waals surface area contributed by atoms with Crippen LogP contribution in [0.2, 0.25) is 5.02 Å². The van der Waals surface area contributed by atoms with E-state index in [9.17, 15) is 0 Å². The predicted molar refractivity (Wildman–Crippen MR) is 85.8 cm³/mol. The van der Waals surface area contributed by atoms with Crippen LogP contribution in [-0.4, -0.2) is 12.3 Å². The second-order valence-electron chi connectivity index (χ2n) is 4.34. The van der Waals surface area contributed by atoms with E-state index in [1.807, 2.05) is 30.0 Å². The standard InChI is InChI=1S/C16H18ClNS/c17-16-8-6-15(7-9-16)13-19-11-10-18-12-14-4-2-1-3-5-14/h1-9,18H,10-13H2. The summed E-state index contributed by atoms with van der Waals surface area (Å²) in [4.78, 5) is 0. The van der Waals surface area contributed by atoms with Crippen molar-refractivity contribution in [3.05, 3.63) is 70.7 Å². The molecule has 0 fully saturated rings. The minimum absolute atomic E-state index is 0.804. The van der Waals surface area contributed by atoms with Gasteiger partial charge in [-0.25, -0.2) is 0 Å². The van der Waals surface area contributed by atoms with Crippen molar-refractivity contribution in [2.45, 2.75) is 12.3 Å². The van der Waals surface area contributed by atoms with Crippen LogP contribution in [0.25, 0.3) is 0 Å². The summed E-state index contributed by atoms with van der Waals surface area (Å²) in [6.07, 6.45) is 0. The maximum Gasteiger partial charge on any atom is 0.0406 e. The van der Waals surface area contributed by atoms with Gasteiger partial charge in [0.05, 0.1) is 0 Å². The zero-order valence-electron chi connectivity index (χ0n) is 10.8. The Kier molecular flexibility index (Phi) is 6.28. The van der Waals surface area contributed by atoms with E-state index >= 15 is 0 Å². The molecule has 0 saturated carbocycles. The number of halogens is 1. The first kappa shape index (κ1) is 14.4. The Hall–Kier alpha value is -0.960. The van der Waals surface area contributed by atoms with Crippen LogP contribution in [0.5, 0.6) is 0 Å². The topological polar surface area (TPSA) is 12.0 Å². The molecular formula is C16H18ClNS. The van der Waals surface area contributed by atoms with Crippen molar-refractivity contribution in [3.63, 3.8) is 0 Å². The summed E-state index contributed by atoms with van der Waals surface area (Å²) < 4.78 is 0. The quantitative estimate of drug-likeness (QED) is 0.761. The highest BCUT2D eigenvalue weighted by Crippen LogP contribution is 2.14. The van der Waals surface area contributed by atoms with Gasteiger partial charge in [-0.1, -0.05) is 54.1 Å². The lowest BCUT2D eigenvalue weighted by Crippen LogP contribution is -2.16. The van der Waals surface area contributed by atoms with Gasteiger partial charge in [-0.2, -0.15) is 11.8 Å². The highest BCUT2D eigenvalue weighted by molar-refractivity contribution is 7.98. The minimum atomic E-state index is 0.804. The van der Waals surface area contributed by atoms with Crippen molar-refractivity contribution in [1.29, 1.82) is 0 Å². The lowest BCUT2D eigenvalue weighted by Gasteiger charge is -2.05. The largest absolute Gasteiger partial charge is 0.312 e. The van der Waals surface area contributed by atoms with E-state index in [0.717, 1.165) is 29.6 Å². The molecule has 0 atom stereocenters. The van der Waals surface area contributed by atoms with Gasteiger partial charge < -0.3 is 5.32 Å². The monoisotopic (exact) mass is 291 g/mol. The number of nitrogens with one attached hydrogen (secondary N) is 1. The highest BCUT2D eigenvalue weighted by Gasteiger charge is 1.95. The van der Waals surface area contributed by atoms with Gasteiger partial charge in [-0.15, -0.1) is 0 Å². The Labute approximate surface area is 124 Å². The first-order chi connectivity index (χ1) is 9.34. The molecule has 1 nitrogen and oxygen atoms in total. The normalized spacial score (nSPS) is 10.6. The fraction of sp³-hybridized carbons (Fsp3) is 0.250. The van der Waals surface area contributed by atoms with E-state index < -0.39 is 0 Å². The Balaban J connectivity index is 1.56. The molecule has 1 N–H and O–H groups in total. The third kappa shape index (κ3) is 5.68. The number of hydrogen-bond donors (Lipinski definition) is 1. The van der Waals surface area contributed by atoms with Gasteiger partial charge in [0.25, 0.3) is 0 Å². The zero-order chi connectivity index (χ0) is 13.3.